The summed E-state index contributed by atoms with van der Waals surface area (Å²) < 4.78 is 0.624. The predicted octanol–water partition coefficient (Wildman–Crippen LogP) is 3.98. The lowest BCUT2D eigenvalue weighted by molar-refractivity contribution is 0.0918. The van der Waals surface area contributed by atoms with Crippen molar-refractivity contribution < 1.29 is 9.90 Å². The normalized spacial score (nSPS) is 12.1. The van der Waals surface area contributed by atoms with Crippen LogP contribution in [0.15, 0.2) is 41.3 Å². The van der Waals surface area contributed by atoms with E-state index in [9.17, 15) is 9.90 Å². The van der Waals surface area contributed by atoms with Gasteiger partial charge in [-0.1, -0.05) is 18.5 Å². The van der Waals surface area contributed by atoms with Gasteiger partial charge in [0.2, 0.25) is 0 Å². The van der Waals surface area contributed by atoms with Crippen LogP contribution >= 0.6 is 34.7 Å². The van der Waals surface area contributed by atoms with Crippen LogP contribution in [0.2, 0.25) is 4.34 Å². The molecule has 1 aromatic carbocycles. The molecule has 0 aliphatic heterocycles. The maximum Gasteiger partial charge on any atom is 0.251 e. The molecule has 0 radical (unpaired) electrons. The SMILES string of the molecule is CCSc1ccc(C(=O)NCC(O)c2ccc(Cl)s2)cc1. The van der Waals surface area contributed by atoms with Gasteiger partial charge >= 0.3 is 0 Å². The summed E-state index contributed by atoms with van der Waals surface area (Å²) in [6.07, 6.45) is -0.735. The maximum absolute atomic E-state index is 12.0. The summed E-state index contributed by atoms with van der Waals surface area (Å²) in [5, 5.41) is 12.7. The van der Waals surface area contributed by atoms with Crippen molar-refractivity contribution in [2.45, 2.75) is 17.9 Å². The Kier molecular flexibility index (Phi) is 6.11. The molecule has 3 nitrogen and oxygen atoms in total. The van der Waals surface area contributed by atoms with Gasteiger partial charge in [0.15, 0.2) is 0 Å². The van der Waals surface area contributed by atoms with E-state index in [2.05, 4.69) is 12.2 Å². The number of hydrogen-bond acceptors (Lipinski definition) is 4. The molecule has 1 unspecified atom stereocenters. The average Bonchev–Trinajstić information content (AvgIpc) is 2.92. The zero-order valence-corrected chi connectivity index (χ0v) is 13.9. The first-order chi connectivity index (χ1) is 10.1. The van der Waals surface area contributed by atoms with Gasteiger partial charge in [-0.3, -0.25) is 4.79 Å². The number of carbonyl (C=O) groups excluding carboxylic acids is 1. The molecule has 0 aliphatic carbocycles. The van der Waals surface area contributed by atoms with E-state index in [1.807, 2.05) is 12.1 Å². The quantitative estimate of drug-likeness (QED) is 0.781. The van der Waals surface area contributed by atoms with Gasteiger partial charge < -0.3 is 10.4 Å². The molecular weight excluding hydrogens is 326 g/mol. The highest BCUT2D eigenvalue weighted by atomic mass is 35.5. The van der Waals surface area contributed by atoms with E-state index in [1.165, 1.54) is 11.3 Å². The Labute approximate surface area is 137 Å². The number of thiophene rings is 1. The van der Waals surface area contributed by atoms with Crippen molar-refractivity contribution in [1.29, 1.82) is 0 Å². The minimum atomic E-state index is -0.735. The second kappa shape index (κ2) is 7.84. The van der Waals surface area contributed by atoms with Gasteiger partial charge in [-0.25, -0.2) is 0 Å². The Hall–Kier alpha value is -1.01. The summed E-state index contributed by atoms with van der Waals surface area (Å²) in [5.41, 5.74) is 0.590. The average molecular weight is 342 g/mol. The van der Waals surface area contributed by atoms with Crippen molar-refractivity contribution >= 4 is 40.6 Å². The third-order valence-corrected chi connectivity index (χ3v) is 5.03. The second-order valence-electron chi connectivity index (χ2n) is 4.33. The number of rotatable bonds is 6. The van der Waals surface area contributed by atoms with Gasteiger partial charge in [0, 0.05) is 21.9 Å². The Bertz CT molecular complexity index is 598. The van der Waals surface area contributed by atoms with Crippen LogP contribution in [0.1, 0.15) is 28.3 Å². The van der Waals surface area contributed by atoms with Crippen LogP contribution in [0.4, 0.5) is 0 Å². The monoisotopic (exact) mass is 341 g/mol. The number of halogens is 1. The molecule has 1 aromatic heterocycles. The summed E-state index contributed by atoms with van der Waals surface area (Å²) in [6, 6.07) is 10.9. The van der Waals surface area contributed by atoms with Crippen LogP contribution in [0, 0.1) is 0 Å². The van der Waals surface area contributed by atoms with Crippen molar-refractivity contribution in [3.63, 3.8) is 0 Å². The first kappa shape index (κ1) is 16.4. The molecule has 1 atom stereocenters. The number of aliphatic hydroxyl groups is 1. The Morgan fingerprint density at radius 1 is 1.33 bits per heavy atom. The van der Waals surface area contributed by atoms with Gasteiger partial charge in [0.1, 0.15) is 6.10 Å². The maximum atomic E-state index is 12.0. The third-order valence-electron chi connectivity index (χ3n) is 2.81. The molecule has 0 aliphatic rings. The molecule has 0 bridgehead atoms. The first-order valence-electron chi connectivity index (χ1n) is 6.54. The van der Waals surface area contributed by atoms with Crippen LogP contribution in [0.25, 0.3) is 0 Å². The lowest BCUT2D eigenvalue weighted by Gasteiger charge is -2.10. The molecule has 2 N–H and O–H groups in total. The van der Waals surface area contributed by atoms with Crippen molar-refractivity contribution in [3.8, 4) is 0 Å². The van der Waals surface area contributed by atoms with Gasteiger partial charge in [-0.15, -0.1) is 23.1 Å². The van der Waals surface area contributed by atoms with E-state index in [0.29, 0.717) is 9.90 Å². The fourth-order valence-electron chi connectivity index (χ4n) is 1.77. The van der Waals surface area contributed by atoms with Crippen LogP contribution in [-0.2, 0) is 0 Å². The Morgan fingerprint density at radius 2 is 2.05 bits per heavy atom. The molecule has 6 heteroatoms. The minimum Gasteiger partial charge on any atom is -0.386 e. The standard InChI is InChI=1S/C15H16ClNO2S2/c1-2-20-11-5-3-10(4-6-11)15(19)17-9-12(18)13-7-8-14(16)21-13/h3-8,12,18H,2,9H2,1H3,(H,17,19). The minimum absolute atomic E-state index is 0.168. The van der Waals surface area contributed by atoms with Crippen molar-refractivity contribution in [2.24, 2.45) is 0 Å². The number of hydrogen-bond donors (Lipinski definition) is 2. The number of benzene rings is 1. The number of carbonyl (C=O) groups is 1. The zero-order valence-electron chi connectivity index (χ0n) is 11.5. The van der Waals surface area contributed by atoms with E-state index in [4.69, 9.17) is 11.6 Å². The topological polar surface area (TPSA) is 49.3 Å². The number of aliphatic hydroxyl groups excluding tert-OH is 1. The van der Waals surface area contributed by atoms with Crippen LogP contribution < -0.4 is 5.32 Å². The fraction of sp³-hybridized carbons (Fsp3) is 0.267. The smallest absolute Gasteiger partial charge is 0.251 e. The lowest BCUT2D eigenvalue weighted by atomic mass is 10.2. The molecule has 0 saturated carbocycles. The molecule has 2 rings (SSSR count). The van der Waals surface area contributed by atoms with Gasteiger partial charge in [-0.2, -0.15) is 0 Å². The zero-order chi connectivity index (χ0) is 15.2. The molecule has 1 amide bonds. The van der Waals surface area contributed by atoms with Gasteiger partial charge in [0.05, 0.1) is 4.34 Å². The largest absolute Gasteiger partial charge is 0.386 e. The van der Waals surface area contributed by atoms with Crippen molar-refractivity contribution in [1.82, 2.24) is 5.32 Å². The van der Waals surface area contributed by atoms with Crippen molar-refractivity contribution in [2.75, 3.05) is 12.3 Å². The Morgan fingerprint density at radius 3 is 2.62 bits per heavy atom. The predicted molar refractivity (Wildman–Crippen MR) is 89.5 cm³/mol. The van der Waals surface area contributed by atoms with Gasteiger partial charge in [-0.05, 0) is 42.2 Å². The fourth-order valence-corrected chi connectivity index (χ4v) is 3.48. The number of amides is 1. The van der Waals surface area contributed by atoms with E-state index in [0.717, 1.165) is 15.5 Å². The van der Waals surface area contributed by atoms with Crippen LogP contribution in [0.3, 0.4) is 0 Å². The molecular formula is C15H16ClNO2S2. The number of nitrogens with one attached hydrogen (secondary N) is 1. The highest BCUT2D eigenvalue weighted by Crippen LogP contribution is 2.26. The van der Waals surface area contributed by atoms with E-state index in [1.54, 1.807) is 36.0 Å². The summed E-state index contributed by atoms with van der Waals surface area (Å²) in [6.45, 7) is 2.25. The molecule has 1 heterocycles. The summed E-state index contributed by atoms with van der Waals surface area (Å²) in [4.78, 5) is 13.9. The van der Waals surface area contributed by atoms with Crippen LogP contribution in [0.5, 0.6) is 0 Å². The molecule has 112 valence electrons. The summed E-state index contributed by atoms with van der Waals surface area (Å²) >= 11 is 8.86. The van der Waals surface area contributed by atoms with E-state index >= 15 is 0 Å². The highest BCUT2D eigenvalue weighted by Gasteiger charge is 2.12. The summed E-state index contributed by atoms with van der Waals surface area (Å²) in [7, 11) is 0. The molecule has 21 heavy (non-hydrogen) atoms. The second-order valence-corrected chi connectivity index (χ2v) is 7.41. The van der Waals surface area contributed by atoms with E-state index < -0.39 is 6.10 Å². The van der Waals surface area contributed by atoms with E-state index in [-0.39, 0.29) is 12.5 Å². The van der Waals surface area contributed by atoms with Gasteiger partial charge in [0.25, 0.3) is 5.91 Å². The molecule has 0 fully saturated rings. The van der Waals surface area contributed by atoms with Crippen molar-refractivity contribution in [3.05, 3.63) is 51.2 Å². The summed E-state index contributed by atoms with van der Waals surface area (Å²) in [5.74, 6) is 0.811. The third kappa shape index (κ3) is 4.74. The molecule has 0 spiro atoms. The Balaban J connectivity index is 1.89. The number of thioether (sulfide) groups is 1. The highest BCUT2D eigenvalue weighted by molar-refractivity contribution is 7.99. The first-order valence-corrected chi connectivity index (χ1v) is 8.72. The van der Waals surface area contributed by atoms with Crippen LogP contribution in [-0.4, -0.2) is 23.3 Å². The molecule has 0 saturated heterocycles. The molecule has 2 aromatic rings. The lowest BCUT2D eigenvalue weighted by Crippen LogP contribution is -2.28.